The van der Waals surface area contributed by atoms with Crippen molar-refractivity contribution in [1.29, 1.82) is 0 Å². The first-order chi connectivity index (χ1) is 15.0. The van der Waals surface area contributed by atoms with E-state index >= 15 is 0 Å². The topological polar surface area (TPSA) is 73.9 Å². The molecule has 1 amide bonds. The summed E-state index contributed by atoms with van der Waals surface area (Å²) in [5.74, 6) is 0.580. The molecule has 0 aliphatic carbocycles. The van der Waals surface area contributed by atoms with Gasteiger partial charge in [-0.1, -0.05) is 50.6 Å². The zero-order valence-corrected chi connectivity index (χ0v) is 20.6. The lowest BCUT2D eigenvalue weighted by molar-refractivity contribution is -0.154. The second kappa shape index (κ2) is 12.2. The summed E-state index contributed by atoms with van der Waals surface area (Å²) >= 11 is 0. The number of carbonyl (C=O) groups excluding carboxylic acids is 2. The number of alkyl carbamates (subject to hydrolysis) is 1. The molecule has 0 bridgehead atoms. The second-order valence-electron chi connectivity index (χ2n) is 10.3. The highest BCUT2D eigenvalue weighted by atomic mass is 16.6. The van der Waals surface area contributed by atoms with Crippen LogP contribution in [0.2, 0.25) is 0 Å². The average Bonchev–Trinajstić information content (AvgIpc) is 2.74. The van der Waals surface area contributed by atoms with Crippen molar-refractivity contribution in [2.24, 2.45) is 17.8 Å². The number of carbonyl (C=O) groups is 2. The lowest BCUT2D eigenvalue weighted by atomic mass is 9.80. The number of cyclic esters (lactones) is 1. The lowest BCUT2D eigenvalue weighted by Gasteiger charge is -2.31. The van der Waals surface area contributed by atoms with Crippen molar-refractivity contribution >= 4 is 12.1 Å². The SMILES string of the molecule is CC(C)CC[C@H]1COC[C@H](NC(=O)OC(C)(C)C)C(=O)O[C@@H](C)[C@@H]1CCc1ccccc1. The van der Waals surface area contributed by atoms with Crippen molar-refractivity contribution < 1.29 is 23.8 Å². The molecular formula is C26H41NO5. The van der Waals surface area contributed by atoms with Gasteiger partial charge in [-0.3, -0.25) is 0 Å². The van der Waals surface area contributed by atoms with E-state index in [2.05, 4.69) is 31.3 Å². The molecule has 6 nitrogen and oxygen atoms in total. The van der Waals surface area contributed by atoms with Crippen molar-refractivity contribution in [2.75, 3.05) is 13.2 Å². The van der Waals surface area contributed by atoms with Crippen LogP contribution in [0.4, 0.5) is 4.79 Å². The Bertz CT molecular complexity index is 713. The van der Waals surface area contributed by atoms with Crippen molar-refractivity contribution in [3.8, 4) is 0 Å². The minimum Gasteiger partial charge on any atom is -0.461 e. The number of rotatable bonds is 7. The Labute approximate surface area is 193 Å². The van der Waals surface area contributed by atoms with E-state index in [1.165, 1.54) is 5.56 Å². The molecule has 0 spiro atoms. The highest BCUT2D eigenvalue weighted by Crippen LogP contribution is 2.30. The number of amides is 1. The Balaban J connectivity index is 2.11. The van der Waals surface area contributed by atoms with Gasteiger partial charge in [0.05, 0.1) is 6.61 Å². The van der Waals surface area contributed by atoms with Crippen molar-refractivity contribution in [3.05, 3.63) is 35.9 Å². The summed E-state index contributed by atoms with van der Waals surface area (Å²) in [5, 5.41) is 2.62. The number of aryl methyl sites for hydroxylation is 1. The Morgan fingerprint density at radius 2 is 1.84 bits per heavy atom. The smallest absolute Gasteiger partial charge is 0.408 e. The number of benzene rings is 1. The Morgan fingerprint density at radius 1 is 1.16 bits per heavy atom. The van der Waals surface area contributed by atoms with Crippen LogP contribution in [0.15, 0.2) is 30.3 Å². The van der Waals surface area contributed by atoms with Crippen molar-refractivity contribution in [1.82, 2.24) is 5.32 Å². The predicted octanol–water partition coefficient (Wildman–Crippen LogP) is 5.14. The minimum absolute atomic E-state index is 0.0778. The van der Waals surface area contributed by atoms with Crippen LogP contribution in [0.25, 0.3) is 0 Å². The molecule has 1 aliphatic rings. The van der Waals surface area contributed by atoms with Gasteiger partial charge in [0.25, 0.3) is 0 Å². The van der Waals surface area contributed by atoms with E-state index in [1.807, 2.05) is 25.1 Å². The maximum atomic E-state index is 12.9. The molecule has 1 heterocycles. The molecule has 1 aromatic rings. The van der Waals surface area contributed by atoms with Gasteiger partial charge in [-0.25, -0.2) is 9.59 Å². The fourth-order valence-corrected chi connectivity index (χ4v) is 4.11. The average molecular weight is 448 g/mol. The van der Waals surface area contributed by atoms with Gasteiger partial charge in [-0.2, -0.15) is 0 Å². The molecule has 32 heavy (non-hydrogen) atoms. The van der Waals surface area contributed by atoms with Crippen molar-refractivity contribution in [3.63, 3.8) is 0 Å². The molecule has 1 fully saturated rings. The van der Waals surface area contributed by atoms with Crippen LogP contribution in [0.3, 0.4) is 0 Å². The van der Waals surface area contributed by atoms with E-state index in [0.29, 0.717) is 12.5 Å². The molecule has 1 saturated heterocycles. The predicted molar refractivity (Wildman–Crippen MR) is 125 cm³/mol. The molecule has 1 aromatic carbocycles. The van der Waals surface area contributed by atoms with E-state index < -0.39 is 23.7 Å². The standard InChI is InChI=1S/C26H41NO5/c1-18(2)12-14-21-16-30-17-23(27-25(29)32-26(4,5)6)24(28)31-19(3)22(21)15-13-20-10-8-7-9-11-20/h7-11,18-19,21-23H,12-17H2,1-6H3,(H,27,29)/t19-,21-,22-,23-/m0/s1. The van der Waals surface area contributed by atoms with Gasteiger partial charge in [0.15, 0.2) is 6.04 Å². The lowest BCUT2D eigenvalue weighted by Crippen LogP contribution is -2.47. The largest absolute Gasteiger partial charge is 0.461 e. The summed E-state index contributed by atoms with van der Waals surface area (Å²) in [4.78, 5) is 25.1. The van der Waals surface area contributed by atoms with Crippen LogP contribution >= 0.6 is 0 Å². The van der Waals surface area contributed by atoms with Crippen LogP contribution in [-0.4, -0.2) is 43.0 Å². The summed E-state index contributed by atoms with van der Waals surface area (Å²) in [6.45, 7) is 12.4. The first kappa shape index (κ1) is 26.2. The quantitative estimate of drug-likeness (QED) is 0.586. The van der Waals surface area contributed by atoms with Crippen molar-refractivity contribution in [2.45, 2.75) is 85.0 Å². The van der Waals surface area contributed by atoms with E-state index in [0.717, 1.165) is 25.7 Å². The summed E-state index contributed by atoms with van der Waals surface area (Å²) in [6.07, 6.45) is 3.03. The maximum absolute atomic E-state index is 12.9. The number of esters is 1. The van der Waals surface area contributed by atoms with Gasteiger partial charge in [0.1, 0.15) is 11.7 Å². The zero-order valence-electron chi connectivity index (χ0n) is 20.6. The molecule has 0 unspecified atom stereocenters. The summed E-state index contributed by atoms with van der Waals surface area (Å²) in [5.41, 5.74) is 0.629. The Kier molecular flexibility index (Phi) is 10.0. The van der Waals surface area contributed by atoms with Crippen LogP contribution in [-0.2, 0) is 25.4 Å². The first-order valence-electron chi connectivity index (χ1n) is 11.9. The van der Waals surface area contributed by atoms with Gasteiger partial charge in [0.2, 0.25) is 0 Å². The fourth-order valence-electron chi connectivity index (χ4n) is 4.11. The minimum atomic E-state index is -0.883. The third-order valence-corrected chi connectivity index (χ3v) is 5.83. The summed E-state index contributed by atoms with van der Waals surface area (Å²) in [6, 6.07) is 9.50. The van der Waals surface area contributed by atoms with Crippen LogP contribution in [0.5, 0.6) is 0 Å². The normalized spacial score (nSPS) is 24.8. The molecule has 1 N–H and O–H groups in total. The van der Waals surface area contributed by atoms with Gasteiger partial charge >= 0.3 is 12.1 Å². The summed E-state index contributed by atoms with van der Waals surface area (Å²) in [7, 11) is 0. The maximum Gasteiger partial charge on any atom is 0.408 e. The molecule has 6 heteroatoms. The van der Waals surface area contributed by atoms with E-state index in [1.54, 1.807) is 20.8 Å². The molecule has 0 aromatic heterocycles. The molecular weight excluding hydrogens is 406 g/mol. The third-order valence-electron chi connectivity index (χ3n) is 5.83. The monoisotopic (exact) mass is 447 g/mol. The molecule has 0 radical (unpaired) electrons. The molecule has 0 saturated carbocycles. The van der Waals surface area contributed by atoms with Gasteiger partial charge < -0.3 is 19.5 Å². The first-order valence-corrected chi connectivity index (χ1v) is 11.9. The highest BCUT2D eigenvalue weighted by Gasteiger charge is 2.35. The Hall–Kier alpha value is -2.08. The number of nitrogens with one attached hydrogen (secondary N) is 1. The molecule has 1 aliphatic heterocycles. The molecule has 4 atom stereocenters. The van der Waals surface area contributed by atoms with Gasteiger partial charge in [0, 0.05) is 12.5 Å². The number of ether oxygens (including phenoxy) is 3. The van der Waals surface area contributed by atoms with Crippen LogP contribution < -0.4 is 5.32 Å². The van der Waals surface area contributed by atoms with E-state index in [9.17, 15) is 9.59 Å². The number of hydrogen-bond donors (Lipinski definition) is 1. The third kappa shape index (κ3) is 9.19. The second-order valence-corrected chi connectivity index (χ2v) is 10.3. The summed E-state index contributed by atoms with van der Waals surface area (Å²) < 4.78 is 17.1. The molecule has 2 rings (SSSR count). The van der Waals surface area contributed by atoms with Crippen LogP contribution in [0, 0.1) is 17.8 Å². The molecule has 180 valence electrons. The van der Waals surface area contributed by atoms with E-state index in [-0.39, 0.29) is 24.5 Å². The highest BCUT2D eigenvalue weighted by molar-refractivity contribution is 5.81. The Morgan fingerprint density at radius 3 is 2.47 bits per heavy atom. The van der Waals surface area contributed by atoms with Gasteiger partial charge in [-0.15, -0.1) is 0 Å². The van der Waals surface area contributed by atoms with E-state index in [4.69, 9.17) is 14.2 Å². The fraction of sp³-hybridized carbons (Fsp3) is 0.692. The van der Waals surface area contributed by atoms with Gasteiger partial charge in [-0.05, 0) is 64.4 Å². The van der Waals surface area contributed by atoms with Crippen LogP contribution in [0.1, 0.15) is 66.4 Å². The zero-order chi connectivity index (χ0) is 23.7. The number of hydrogen-bond acceptors (Lipinski definition) is 5.